The Labute approximate surface area is 123 Å². The van der Waals surface area contributed by atoms with Crippen LogP contribution in [0.5, 0.6) is 11.5 Å². The summed E-state index contributed by atoms with van der Waals surface area (Å²) in [6, 6.07) is 5.62. The Bertz CT molecular complexity index is 555. The van der Waals surface area contributed by atoms with Crippen LogP contribution in [-0.2, 0) is 4.79 Å². The number of hydrogen-bond acceptors (Lipinski definition) is 4. The summed E-state index contributed by atoms with van der Waals surface area (Å²) < 4.78 is 10.5. The molecule has 2 N–H and O–H groups in total. The zero-order valence-corrected chi connectivity index (χ0v) is 11.7. The lowest BCUT2D eigenvalue weighted by molar-refractivity contribution is -0.117. The highest BCUT2D eigenvalue weighted by atomic mass is 16.7. The van der Waals surface area contributed by atoms with E-state index in [1.54, 1.807) is 6.08 Å². The molecule has 1 aromatic rings. The molecule has 2 atom stereocenters. The van der Waals surface area contributed by atoms with Crippen LogP contribution in [0.25, 0.3) is 6.08 Å². The Balaban J connectivity index is 1.56. The minimum absolute atomic E-state index is 0.0719. The molecule has 1 aliphatic carbocycles. The molecule has 5 nitrogen and oxygen atoms in total. The van der Waals surface area contributed by atoms with Gasteiger partial charge in [-0.15, -0.1) is 0 Å². The smallest absolute Gasteiger partial charge is 0.244 e. The molecule has 3 rings (SSSR count). The SMILES string of the molecule is O=C(/C=C/c1ccc2c(c1)OCO2)NC1CCCC(O)C1. The summed E-state index contributed by atoms with van der Waals surface area (Å²) in [5, 5.41) is 12.5. The molecule has 0 radical (unpaired) electrons. The molecule has 0 spiro atoms. The Hall–Kier alpha value is -2.01. The van der Waals surface area contributed by atoms with Gasteiger partial charge in [-0.25, -0.2) is 0 Å². The first-order valence-electron chi connectivity index (χ1n) is 7.27. The van der Waals surface area contributed by atoms with Gasteiger partial charge < -0.3 is 19.9 Å². The highest BCUT2D eigenvalue weighted by Gasteiger charge is 2.20. The number of aliphatic hydroxyl groups is 1. The van der Waals surface area contributed by atoms with E-state index in [1.807, 2.05) is 18.2 Å². The average molecular weight is 289 g/mol. The summed E-state index contributed by atoms with van der Waals surface area (Å²) >= 11 is 0. The van der Waals surface area contributed by atoms with E-state index in [1.165, 1.54) is 6.08 Å². The summed E-state index contributed by atoms with van der Waals surface area (Å²) in [5.41, 5.74) is 0.887. The first-order chi connectivity index (χ1) is 10.2. The molecule has 1 saturated carbocycles. The van der Waals surface area contributed by atoms with E-state index >= 15 is 0 Å². The number of ether oxygens (including phenoxy) is 2. The van der Waals surface area contributed by atoms with Crippen LogP contribution >= 0.6 is 0 Å². The van der Waals surface area contributed by atoms with Crippen molar-refractivity contribution in [2.75, 3.05) is 6.79 Å². The van der Waals surface area contributed by atoms with E-state index in [0.29, 0.717) is 12.2 Å². The number of benzene rings is 1. The molecule has 2 unspecified atom stereocenters. The van der Waals surface area contributed by atoms with Gasteiger partial charge in [-0.3, -0.25) is 4.79 Å². The summed E-state index contributed by atoms with van der Waals surface area (Å²) in [7, 11) is 0. The number of carbonyl (C=O) groups is 1. The highest BCUT2D eigenvalue weighted by Crippen LogP contribution is 2.32. The number of amides is 1. The fourth-order valence-corrected chi connectivity index (χ4v) is 2.73. The van der Waals surface area contributed by atoms with E-state index in [0.717, 1.165) is 30.6 Å². The predicted octanol–water partition coefficient (Wildman–Crippen LogP) is 1.85. The molecule has 0 aromatic heterocycles. The summed E-state index contributed by atoms with van der Waals surface area (Å²) in [5.74, 6) is 1.30. The van der Waals surface area contributed by atoms with Crippen molar-refractivity contribution in [1.29, 1.82) is 0 Å². The van der Waals surface area contributed by atoms with E-state index in [9.17, 15) is 9.90 Å². The first kappa shape index (κ1) is 13.9. The third-order valence-electron chi connectivity index (χ3n) is 3.82. The Morgan fingerprint density at radius 2 is 2.14 bits per heavy atom. The third kappa shape index (κ3) is 3.55. The molecule has 1 fully saturated rings. The Morgan fingerprint density at radius 3 is 3.00 bits per heavy atom. The predicted molar refractivity (Wildman–Crippen MR) is 78.0 cm³/mol. The maximum absolute atomic E-state index is 11.9. The number of aliphatic hydroxyl groups excluding tert-OH is 1. The number of nitrogens with one attached hydrogen (secondary N) is 1. The van der Waals surface area contributed by atoms with Gasteiger partial charge in [0, 0.05) is 12.1 Å². The van der Waals surface area contributed by atoms with Crippen LogP contribution in [0, 0.1) is 0 Å². The molecule has 2 aliphatic rings. The van der Waals surface area contributed by atoms with Crippen molar-refractivity contribution < 1.29 is 19.4 Å². The maximum atomic E-state index is 11.9. The molecule has 1 heterocycles. The van der Waals surface area contributed by atoms with E-state index < -0.39 is 0 Å². The van der Waals surface area contributed by atoms with Crippen molar-refractivity contribution >= 4 is 12.0 Å². The summed E-state index contributed by atoms with van der Waals surface area (Å²) in [6.07, 6.45) is 6.33. The molecule has 1 aliphatic heterocycles. The minimum Gasteiger partial charge on any atom is -0.454 e. The van der Waals surface area contributed by atoms with E-state index in [2.05, 4.69) is 5.32 Å². The largest absolute Gasteiger partial charge is 0.454 e. The number of rotatable bonds is 3. The Morgan fingerprint density at radius 1 is 1.29 bits per heavy atom. The fraction of sp³-hybridized carbons (Fsp3) is 0.438. The van der Waals surface area contributed by atoms with E-state index in [4.69, 9.17) is 9.47 Å². The van der Waals surface area contributed by atoms with Crippen LogP contribution in [0.15, 0.2) is 24.3 Å². The molecular formula is C16H19NO4. The molecule has 112 valence electrons. The standard InChI is InChI=1S/C16H19NO4/c18-13-3-1-2-12(9-13)17-16(19)7-5-11-4-6-14-15(8-11)21-10-20-14/h4-8,12-13,18H,1-3,9-10H2,(H,17,19)/b7-5+. The van der Waals surface area contributed by atoms with Gasteiger partial charge >= 0.3 is 0 Å². The van der Waals surface area contributed by atoms with Crippen LogP contribution in [0.4, 0.5) is 0 Å². The monoisotopic (exact) mass is 289 g/mol. The lowest BCUT2D eigenvalue weighted by Gasteiger charge is -2.26. The maximum Gasteiger partial charge on any atom is 0.244 e. The molecule has 0 saturated heterocycles. The lowest BCUT2D eigenvalue weighted by atomic mass is 9.93. The summed E-state index contributed by atoms with van der Waals surface area (Å²) in [6.45, 7) is 0.243. The van der Waals surface area contributed by atoms with Gasteiger partial charge in [-0.05, 0) is 49.5 Å². The van der Waals surface area contributed by atoms with Crippen molar-refractivity contribution in [2.45, 2.75) is 37.8 Å². The normalized spacial score (nSPS) is 24.2. The van der Waals surface area contributed by atoms with Crippen LogP contribution < -0.4 is 14.8 Å². The quantitative estimate of drug-likeness (QED) is 0.833. The first-order valence-corrected chi connectivity index (χ1v) is 7.27. The second kappa shape index (κ2) is 6.18. The summed E-state index contributed by atoms with van der Waals surface area (Å²) in [4.78, 5) is 11.9. The third-order valence-corrected chi connectivity index (χ3v) is 3.82. The molecule has 5 heteroatoms. The van der Waals surface area contributed by atoms with Crippen molar-refractivity contribution in [3.63, 3.8) is 0 Å². The zero-order chi connectivity index (χ0) is 14.7. The molecule has 1 amide bonds. The minimum atomic E-state index is -0.290. The molecule has 1 aromatic carbocycles. The van der Waals surface area contributed by atoms with Crippen molar-refractivity contribution in [2.24, 2.45) is 0 Å². The molecular weight excluding hydrogens is 270 g/mol. The second-order valence-corrected chi connectivity index (χ2v) is 5.47. The van der Waals surface area contributed by atoms with E-state index in [-0.39, 0.29) is 24.8 Å². The average Bonchev–Trinajstić information content (AvgIpc) is 2.92. The van der Waals surface area contributed by atoms with Gasteiger partial charge in [0.15, 0.2) is 11.5 Å². The van der Waals surface area contributed by atoms with Gasteiger partial charge in [0.1, 0.15) is 0 Å². The van der Waals surface area contributed by atoms with Crippen molar-refractivity contribution in [3.8, 4) is 11.5 Å². The molecule has 21 heavy (non-hydrogen) atoms. The fourth-order valence-electron chi connectivity index (χ4n) is 2.73. The number of hydrogen-bond donors (Lipinski definition) is 2. The van der Waals surface area contributed by atoms with Gasteiger partial charge in [-0.2, -0.15) is 0 Å². The number of fused-ring (bicyclic) bond motifs is 1. The topological polar surface area (TPSA) is 67.8 Å². The van der Waals surface area contributed by atoms with Gasteiger partial charge in [-0.1, -0.05) is 6.07 Å². The zero-order valence-electron chi connectivity index (χ0n) is 11.7. The second-order valence-electron chi connectivity index (χ2n) is 5.47. The van der Waals surface area contributed by atoms with Crippen LogP contribution in [0.2, 0.25) is 0 Å². The van der Waals surface area contributed by atoms with Crippen LogP contribution in [0.1, 0.15) is 31.2 Å². The van der Waals surface area contributed by atoms with Crippen LogP contribution in [0.3, 0.4) is 0 Å². The molecule has 0 bridgehead atoms. The van der Waals surface area contributed by atoms with Crippen LogP contribution in [-0.4, -0.2) is 30.0 Å². The van der Waals surface area contributed by atoms with Gasteiger partial charge in [0.25, 0.3) is 0 Å². The Kier molecular flexibility index (Phi) is 4.10. The van der Waals surface area contributed by atoms with Crippen molar-refractivity contribution in [1.82, 2.24) is 5.32 Å². The lowest BCUT2D eigenvalue weighted by Crippen LogP contribution is -2.38. The number of carbonyl (C=O) groups excluding carboxylic acids is 1. The highest BCUT2D eigenvalue weighted by molar-refractivity contribution is 5.92. The van der Waals surface area contributed by atoms with Crippen molar-refractivity contribution in [3.05, 3.63) is 29.8 Å². The van der Waals surface area contributed by atoms with Gasteiger partial charge in [0.05, 0.1) is 6.10 Å². The van der Waals surface area contributed by atoms with Gasteiger partial charge in [0.2, 0.25) is 12.7 Å².